The Balaban J connectivity index is 2.09. The lowest BCUT2D eigenvalue weighted by atomic mass is 10.1. The Morgan fingerprint density at radius 2 is 1.36 bits per heavy atom. The van der Waals surface area contributed by atoms with Crippen LogP contribution in [0.1, 0.15) is 12.8 Å². The van der Waals surface area contributed by atoms with E-state index in [1.54, 1.807) is 28.4 Å². The zero-order chi connectivity index (χ0) is 20.5. The summed E-state index contributed by atoms with van der Waals surface area (Å²) in [6.45, 7) is 6.64. The van der Waals surface area contributed by atoms with Crippen LogP contribution in [0, 0.1) is 0 Å². The first kappa shape index (κ1) is 24.7. The van der Waals surface area contributed by atoms with Crippen LogP contribution in [0.4, 0.5) is 0 Å². The van der Waals surface area contributed by atoms with Gasteiger partial charge in [0, 0.05) is 40.3 Å². The number of rotatable bonds is 18. The first-order valence-electron chi connectivity index (χ1n) is 9.77. The third-order valence-electron chi connectivity index (χ3n) is 4.27. The maximum absolute atomic E-state index is 5.79. The molecule has 0 N–H and O–H groups in total. The molecule has 0 amide bonds. The Morgan fingerprint density at radius 1 is 0.750 bits per heavy atom. The first-order valence-corrected chi connectivity index (χ1v) is 9.77. The summed E-state index contributed by atoms with van der Waals surface area (Å²) >= 11 is 0. The summed E-state index contributed by atoms with van der Waals surface area (Å²) in [6, 6.07) is 0. The van der Waals surface area contributed by atoms with Gasteiger partial charge in [-0.3, -0.25) is 4.90 Å². The maximum Gasteiger partial charge on any atom is 0.198 e. The Labute approximate surface area is 169 Å². The maximum atomic E-state index is 5.79. The van der Waals surface area contributed by atoms with E-state index in [-0.39, 0.29) is 0 Å². The lowest BCUT2D eigenvalue weighted by Crippen LogP contribution is -2.33. The van der Waals surface area contributed by atoms with Gasteiger partial charge in [0.2, 0.25) is 0 Å². The number of hydrogen-bond acceptors (Lipinski definition) is 8. The fourth-order valence-electron chi connectivity index (χ4n) is 2.69. The van der Waals surface area contributed by atoms with Crippen molar-refractivity contribution in [2.24, 2.45) is 0 Å². The largest absolute Gasteiger partial charge is 0.497 e. The summed E-state index contributed by atoms with van der Waals surface area (Å²) in [6.07, 6.45) is 3.72. The van der Waals surface area contributed by atoms with Crippen molar-refractivity contribution in [2.75, 3.05) is 94.3 Å². The fraction of sp³-hybridized carbons (Fsp3) is 0.800. The van der Waals surface area contributed by atoms with E-state index in [2.05, 4.69) is 4.90 Å². The van der Waals surface area contributed by atoms with E-state index in [1.165, 1.54) is 0 Å². The van der Waals surface area contributed by atoms with Crippen LogP contribution in [-0.4, -0.2) is 99.2 Å². The molecular weight excluding hydrogens is 366 g/mol. The topological polar surface area (TPSA) is 67.9 Å². The summed E-state index contributed by atoms with van der Waals surface area (Å²) < 4.78 is 38.0. The number of hydrogen-bond donors (Lipinski definition) is 0. The molecule has 0 saturated carbocycles. The summed E-state index contributed by atoms with van der Waals surface area (Å²) in [4.78, 5) is 2.26. The molecule has 164 valence electrons. The van der Waals surface area contributed by atoms with Gasteiger partial charge in [-0.1, -0.05) is 0 Å². The molecular formula is C20H37NO7. The summed E-state index contributed by atoms with van der Waals surface area (Å²) in [5.41, 5.74) is 0. The van der Waals surface area contributed by atoms with Crippen LogP contribution >= 0.6 is 0 Å². The minimum atomic E-state index is 0.435. The highest BCUT2D eigenvalue weighted by atomic mass is 16.6. The standard InChI is InChI=1S/C20H37NO7/c1-22-11-8-21(9-12-23-2)10-13-26-14-15-27-16-17-28-20-18(24-3)6-5-7-19(20)25-4/h6H,5,7-17H2,1-4H3. The second kappa shape index (κ2) is 16.6. The van der Waals surface area contributed by atoms with Crippen LogP contribution in [0.5, 0.6) is 0 Å². The number of allylic oxidation sites excluding steroid dienone is 2. The zero-order valence-corrected chi connectivity index (χ0v) is 17.9. The van der Waals surface area contributed by atoms with E-state index < -0.39 is 0 Å². The van der Waals surface area contributed by atoms with Gasteiger partial charge in [0.15, 0.2) is 11.5 Å². The second-order valence-electron chi connectivity index (χ2n) is 6.17. The normalized spacial score (nSPS) is 14.4. The Kier molecular flexibility index (Phi) is 14.7. The van der Waals surface area contributed by atoms with Crippen LogP contribution in [0.2, 0.25) is 0 Å². The van der Waals surface area contributed by atoms with Crippen LogP contribution in [0.15, 0.2) is 23.4 Å². The number of methoxy groups -OCH3 is 4. The van der Waals surface area contributed by atoms with E-state index in [0.717, 1.165) is 44.0 Å². The molecule has 28 heavy (non-hydrogen) atoms. The van der Waals surface area contributed by atoms with Gasteiger partial charge in [0.05, 0.1) is 53.9 Å². The highest BCUT2D eigenvalue weighted by Gasteiger charge is 2.19. The lowest BCUT2D eigenvalue weighted by molar-refractivity contribution is 0.0150. The minimum Gasteiger partial charge on any atom is -0.497 e. The molecule has 0 spiro atoms. The SMILES string of the molecule is COCCN(CCOC)CCOCCOCCOC1=C(OC)CCC=C1OC. The highest BCUT2D eigenvalue weighted by molar-refractivity contribution is 5.27. The Hall–Kier alpha value is -1.32. The van der Waals surface area contributed by atoms with Crippen molar-refractivity contribution in [1.29, 1.82) is 0 Å². The molecule has 0 unspecified atom stereocenters. The lowest BCUT2D eigenvalue weighted by Gasteiger charge is -2.21. The van der Waals surface area contributed by atoms with Crippen molar-refractivity contribution in [1.82, 2.24) is 4.90 Å². The smallest absolute Gasteiger partial charge is 0.198 e. The van der Waals surface area contributed by atoms with Gasteiger partial charge in [0.25, 0.3) is 0 Å². The third kappa shape index (κ3) is 10.3. The summed E-state index contributed by atoms with van der Waals surface area (Å²) in [7, 11) is 6.70. The van der Waals surface area contributed by atoms with E-state index >= 15 is 0 Å². The van der Waals surface area contributed by atoms with Crippen LogP contribution < -0.4 is 0 Å². The van der Waals surface area contributed by atoms with Crippen molar-refractivity contribution < 1.29 is 33.2 Å². The Bertz CT molecular complexity index is 446. The molecule has 1 rings (SSSR count). The fourth-order valence-corrected chi connectivity index (χ4v) is 2.69. The predicted molar refractivity (Wildman–Crippen MR) is 106 cm³/mol. The van der Waals surface area contributed by atoms with Crippen molar-refractivity contribution in [3.05, 3.63) is 23.4 Å². The van der Waals surface area contributed by atoms with Gasteiger partial charge < -0.3 is 33.2 Å². The molecule has 0 heterocycles. The molecule has 8 heteroatoms. The van der Waals surface area contributed by atoms with Crippen molar-refractivity contribution in [2.45, 2.75) is 12.8 Å². The molecule has 0 aliphatic heterocycles. The molecule has 0 aromatic rings. The molecule has 0 aromatic heterocycles. The first-order chi connectivity index (χ1) is 13.8. The molecule has 0 bridgehead atoms. The average Bonchev–Trinajstić information content (AvgIpc) is 2.73. The van der Waals surface area contributed by atoms with E-state index in [0.29, 0.717) is 52.0 Å². The molecule has 0 saturated heterocycles. The third-order valence-corrected chi connectivity index (χ3v) is 4.27. The van der Waals surface area contributed by atoms with Gasteiger partial charge >= 0.3 is 0 Å². The zero-order valence-electron chi connectivity index (χ0n) is 17.9. The predicted octanol–water partition coefficient (Wildman–Crippen LogP) is 1.81. The highest BCUT2D eigenvalue weighted by Crippen LogP contribution is 2.26. The van der Waals surface area contributed by atoms with Crippen molar-refractivity contribution >= 4 is 0 Å². The molecule has 0 aromatic carbocycles. The van der Waals surface area contributed by atoms with Crippen LogP contribution in [-0.2, 0) is 33.2 Å². The average molecular weight is 404 g/mol. The van der Waals surface area contributed by atoms with Gasteiger partial charge in [-0.2, -0.15) is 0 Å². The molecule has 1 aliphatic rings. The molecule has 8 nitrogen and oxygen atoms in total. The molecule has 0 atom stereocenters. The van der Waals surface area contributed by atoms with Gasteiger partial charge in [0.1, 0.15) is 12.4 Å². The van der Waals surface area contributed by atoms with Crippen LogP contribution in [0.25, 0.3) is 0 Å². The summed E-state index contributed by atoms with van der Waals surface area (Å²) in [5.74, 6) is 2.20. The molecule has 0 radical (unpaired) electrons. The Morgan fingerprint density at radius 3 is 1.96 bits per heavy atom. The molecule has 1 aliphatic carbocycles. The van der Waals surface area contributed by atoms with Gasteiger partial charge in [-0.25, -0.2) is 0 Å². The molecule has 0 fully saturated rings. The second-order valence-corrected chi connectivity index (χ2v) is 6.17. The van der Waals surface area contributed by atoms with Crippen molar-refractivity contribution in [3.63, 3.8) is 0 Å². The van der Waals surface area contributed by atoms with Gasteiger partial charge in [-0.15, -0.1) is 0 Å². The van der Waals surface area contributed by atoms with Crippen LogP contribution in [0.3, 0.4) is 0 Å². The monoisotopic (exact) mass is 403 g/mol. The van der Waals surface area contributed by atoms with E-state index in [1.807, 2.05) is 6.08 Å². The van der Waals surface area contributed by atoms with Gasteiger partial charge in [-0.05, 0) is 12.5 Å². The van der Waals surface area contributed by atoms with Crippen molar-refractivity contribution in [3.8, 4) is 0 Å². The minimum absolute atomic E-state index is 0.435. The summed E-state index contributed by atoms with van der Waals surface area (Å²) in [5, 5.41) is 0. The number of nitrogens with zero attached hydrogens (tertiary/aromatic N) is 1. The van der Waals surface area contributed by atoms with E-state index in [4.69, 9.17) is 33.2 Å². The van der Waals surface area contributed by atoms with E-state index in [9.17, 15) is 0 Å². The quantitative estimate of drug-likeness (QED) is 0.321. The number of ether oxygens (including phenoxy) is 7.